The Labute approximate surface area is 135 Å². The predicted molar refractivity (Wildman–Crippen MR) is 85.9 cm³/mol. The third-order valence-electron chi connectivity index (χ3n) is 4.74. The number of rotatable bonds is 3. The van der Waals surface area contributed by atoms with E-state index in [1.165, 1.54) is 6.21 Å². The van der Waals surface area contributed by atoms with Crippen molar-refractivity contribution < 1.29 is 18.0 Å². The molecule has 2 amide bonds. The standard InChI is InChI=1S/C15H21N3O4S/c19-14-13(2-1-6-16-14)15(20)17-11-3-7-18(8-4-11)12-5-9-23(21,22)10-12/h1-2,6,11-13H,3-5,7-10H2,(H,17,20). The zero-order valence-electron chi connectivity index (χ0n) is 12.8. The molecule has 0 aliphatic carbocycles. The summed E-state index contributed by atoms with van der Waals surface area (Å²) in [5, 5.41) is 2.92. The van der Waals surface area contributed by atoms with E-state index in [9.17, 15) is 18.0 Å². The summed E-state index contributed by atoms with van der Waals surface area (Å²) in [6.07, 6.45) is 6.81. The summed E-state index contributed by atoms with van der Waals surface area (Å²) in [4.78, 5) is 29.6. The quantitative estimate of drug-likeness (QED) is 0.702. The first-order chi connectivity index (χ1) is 10.9. The molecule has 3 aliphatic rings. The molecule has 0 aromatic heterocycles. The van der Waals surface area contributed by atoms with E-state index in [0.29, 0.717) is 6.42 Å². The van der Waals surface area contributed by atoms with E-state index in [2.05, 4.69) is 15.2 Å². The zero-order chi connectivity index (χ0) is 16.4. The number of nitrogens with zero attached hydrogens (tertiary/aromatic N) is 2. The summed E-state index contributed by atoms with van der Waals surface area (Å²) in [7, 11) is -2.87. The highest BCUT2D eigenvalue weighted by atomic mass is 32.2. The molecule has 2 fully saturated rings. The van der Waals surface area contributed by atoms with Crippen LogP contribution in [0, 0.1) is 5.92 Å². The fraction of sp³-hybridized carbons (Fsp3) is 0.667. The second-order valence-corrected chi connectivity index (χ2v) is 8.58. The molecule has 0 aromatic carbocycles. The van der Waals surface area contributed by atoms with Crippen LogP contribution in [0.2, 0.25) is 0 Å². The first kappa shape index (κ1) is 16.3. The van der Waals surface area contributed by atoms with Crippen molar-refractivity contribution in [2.45, 2.75) is 31.3 Å². The molecule has 0 bridgehead atoms. The van der Waals surface area contributed by atoms with Crippen molar-refractivity contribution in [1.29, 1.82) is 0 Å². The molecule has 0 radical (unpaired) electrons. The lowest BCUT2D eigenvalue weighted by atomic mass is 10.0. The van der Waals surface area contributed by atoms with Crippen LogP contribution in [0.3, 0.4) is 0 Å². The Morgan fingerprint density at radius 1 is 1.26 bits per heavy atom. The molecule has 126 valence electrons. The average Bonchev–Trinajstić information content (AvgIpc) is 2.88. The summed E-state index contributed by atoms with van der Waals surface area (Å²) < 4.78 is 23.1. The smallest absolute Gasteiger partial charge is 0.262 e. The largest absolute Gasteiger partial charge is 0.352 e. The Bertz CT molecular complexity index is 648. The van der Waals surface area contributed by atoms with Gasteiger partial charge in [-0.25, -0.2) is 13.4 Å². The minimum Gasteiger partial charge on any atom is -0.352 e. The van der Waals surface area contributed by atoms with Crippen LogP contribution in [0.1, 0.15) is 19.3 Å². The van der Waals surface area contributed by atoms with Gasteiger partial charge >= 0.3 is 0 Å². The Morgan fingerprint density at radius 2 is 2.00 bits per heavy atom. The number of allylic oxidation sites excluding steroid dienone is 1. The van der Waals surface area contributed by atoms with Crippen LogP contribution >= 0.6 is 0 Å². The lowest BCUT2D eigenvalue weighted by Crippen LogP contribution is -2.49. The summed E-state index contributed by atoms with van der Waals surface area (Å²) >= 11 is 0. The first-order valence-corrected chi connectivity index (χ1v) is 9.76. The van der Waals surface area contributed by atoms with E-state index in [4.69, 9.17) is 0 Å². The lowest BCUT2D eigenvalue weighted by molar-refractivity contribution is -0.132. The second-order valence-electron chi connectivity index (χ2n) is 6.35. The fourth-order valence-corrected chi connectivity index (χ4v) is 5.16. The van der Waals surface area contributed by atoms with Gasteiger partial charge in [-0.2, -0.15) is 0 Å². The number of hydrogen-bond donors (Lipinski definition) is 1. The monoisotopic (exact) mass is 339 g/mol. The molecule has 0 spiro atoms. The Hall–Kier alpha value is -1.54. The number of piperidine rings is 1. The van der Waals surface area contributed by atoms with E-state index in [0.717, 1.165) is 25.9 Å². The summed E-state index contributed by atoms with van der Waals surface area (Å²) in [5.74, 6) is -1.02. The number of carbonyl (C=O) groups excluding carboxylic acids is 2. The molecular formula is C15H21N3O4S. The van der Waals surface area contributed by atoms with Crippen molar-refractivity contribution in [2.75, 3.05) is 24.6 Å². The normalized spacial score (nSPS) is 31.4. The number of nitrogens with one attached hydrogen (secondary N) is 1. The Kier molecular flexibility index (Phi) is 4.63. The van der Waals surface area contributed by atoms with E-state index >= 15 is 0 Å². The van der Waals surface area contributed by atoms with Crippen molar-refractivity contribution in [3.63, 3.8) is 0 Å². The number of dihydropyridines is 1. The maximum absolute atomic E-state index is 12.1. The van der Waals surface area contributed by atoms with Gasteiger partial charge in [0.25, 0.3) is 5.91 Å². The molecule has 1 N–H and O–H groups in total. The molecule has 0 aromatic rings. The van der Waals surface area contributed by atoms with Crippen molar-refractivity contribution in [2.24, 2.45) is 10.9 Å². The maximum Gasteiger partial charge on any atom is 0.262 e. The first-order valence-electron chi connectivity index (χ1n) is 7.94. The molecule has 3 heterocycles. The van der Waals surface area contributed by atoms with Crippen LogP contribution in [0.4, 0.5) is 0 Å². The van der Waals surface area contributed by atoms with Crippen molar-refractivity contribution in [1.82, 2.24) is 10.2 Å². The third kappa shape index (κ3) is 3.87. The van der Waals surface area contributed by atoms with Gasteiger partial charge in [0, 0.05) is 31.4 Å². The molecule has 3 rings (SSSR count). The molecule has 23 heavy (non-hydrogen) atoms. The predicted octanol–water partition coefficient (Wildman–Crippen LogP) is -0.462. The van der Waals surface area contributed by atoms with Gasteiger partial charge in [0.1, 0.15) is 5.92 Å². The Balaban J connectivity index is 1.48. The minimum absolute atomic E-state index is 0.0314. The van der Waals surface area contributed by atoms with Gasteiger partial charge in [0.2, 0.25) is 5.91 Å². The minimum atomic E-state index is -2.87. The van der Waals surface area contributed by atoms with Crippen LogP contribution < -0.4 is 5.32 Å². The summed E-state index contributed by atoms with van der Waals surface area (Å²) in [6.45, 7) is 1.55. The molecule has 7 nitrogen and oxygen atoms in total. The number of hydrogen-bond acceptors (Lipinski definition) is 5. The van der Waals surface area contributed by atoms with Crippen molar-refractivity contribution in [3.8, 4) is 0 Å². The zero-order valence-corrected chi connectivity index (χ0v) is 13.7. The van der Waals surface area contributed by atoms with E-state index in [-0.39, 0.29) is 29.5 Å². The number of likely N-dealkylation sites (tertiary alicyclic amines) is 1. The van der Waals surface area contributed by atoms with Gasteiger partial charge in [-0.05, 0) is 25.3 Å². The highest BCUT2D eigenvalue weighted by Crippen LogP contribution is 2.22. The molecule has 3 aliphatic heterocycles. The molecule has 2 atom stereocenters. The molecule has 8 heteroatoms. The van der Waals surface area contributed by atoms with Crippen LogP contribution in [-0.4, -0.2) is 68.0 Å². The Morgan fingerprint density at radius 3 is 2.61 bits per heavy atom. The van der Waals surface area contributed by atoms with Crippen molar-refractivity contribution in [3.05, 3.63) is 12.2 Å². The van der Waals surface area contributed by atoms with E-state index in [1.807, 2.05) is 0 Å². The highest BCUT2D eigenvalue weighted by Gasteiger charge is 2.35. The van der Waals surface area contributed by atoms with Gasteiger partial charge in [0.05, 0.1) is 11.5 Å². The van der Waals surface area contributed by atoms with Gasteiger partial charge in [-0.15, -0.1) is 0 Å². The third-order valence-corrected chi connectivity index (χ3v) is 6.49. The van der Waals surface area contributed by atoms with E-state index < -0.39 is 21.7 Å². The van der Waals surface area contributed by atoms with E-state index in [1.54, 1.807) is 12.2 Å². The van der Waals surface area contributed by atoms with Gasteiger partial charge < -0.3 is 5.32 Å². The van der Waals surface area contributed by atoms with Crippen LogP contribution in [0.15, 0.2) is 17.1 Å². The van der Waals surface area contributed by atoms with Crippen molar-refractivity contribution >= 4 is 27.9 Å². The molecular weight excluding hydrogens is 318 g/mol. The topological polar surface area (TPSA) is 95.9 Å². The van der Waals surface area contributed by atoms with Crippen LogP contribution in [0.25, 0.3) is 0 Å². The van der Waals surface area contributed by atoms with Crippen LogP contribution in [-0.2, 0) is 19.4 Å². The number of carbonyl (C=O) groups is 2. The SMILES string of the molecule is O=C1N=CC=CC1C(=O)NC1CCN(C2CCS(=O)(=O)C2)CC1. The number of amides is 2. The highest BCUT2D eigenvalue weighted by molar-refractivity contribution is 7.91. The second kappa shape index (κ2) is 6.52. The summed E-state index contributed by atoms with van der Waals surface area (Å²) in [6, 6.07) is 0.151. The molecule has 0 saturated carbocycles. The molecule has 2 unspecified atom stereocenters. The average molecular weight is 339 g/mol. The van der Waals surface area contributed by atoms with Gasteiger partial charge in [0.15, 0.2) is 9.84 Å². The van der Waals surface area contributed by atoms with Gasteiger partial charge in [-0.1, -0.05) is 6.08 Å². The summed E-state index contributed by atoms with van der Waals surface area (Å²) in [5.41, 5.74) is 0. The molecule has 2 saturated heterocycles. The number of aliphatic imine (C=N–C) groups is 1. The maximum atomic E-state index is 12.1. The van der Waals surface area contributed by atoms with Crippen LogP contribution in [0.5, 0.6) is 0 Å². The fourth-order valence-electron chi connectivity index (χ4n) is 3.40. The lowest BCUT2D eigenvalue weighted by Gasteiger charge is -2.36. The number of sulfone groups is 1. The van der Waals surface area contributed by atoms with Gasteiger partial charge in [-0.3, -0.25) is 14.5 Å².